The molecule has 0 N–H and O–H groups in total. The van der Waals surface area contributed by atoms with Crippen molar-refractivity contribution in [1.29, 1.82) is 0 Å². The summed E-state index contributed by atoms with van der Waals surface area (Å²) in [5.74, 6) is 1.43. The fourth-order valence-corrected chi connectivity index (χ4v) is 3.59. The summed E-state index contributed by atoms with van der Waals surface area (Å²) in [5, 5.41) is 4.12. The van der Waals surface area contributed by atoms with Gasteiger partial charge in [0.1, 0.15) is 5.75 Å². The van der Waals surface area contributed by atoms with Gasteiger partial charge in [-0.15, -0.1) is 0 Å². The normalized spacial score (nSPS) is 15.3. The first-order valence-electron chi connectivity index (χ1n) is 10.1. The van der Waals surface area contributed by atoms with Crippen LogP contribution in [0.2, 0.25) is 0 Å². The summed E-state index contributed by atoms with van der Waals surface area (Å²) in [4.78, 5) is 18.8. The van der Waals surface area contributed by atoms with Gasteiger partial charge in [0.25, 0.3) is 5.56 Å². The standard InChI is InChI=1S/C23H26N4O2/c1-26-12-9-18(10-13-26)17-29-21-7-8-22(24-15-21)20-5-2-4-19(14-20)16-27-23(28)6-3-11-25-27/h2-8,11,14-15,18H,9-10,12-13,16-17H2,1H3. The van der Waals surface area contributed by atoms with Gasteiger partial charge < -0.3 is 9.64 Å². The van der Waals surface area contributed by atoms with Crippen LogP contribution < -0.4 is 10.3 Å². The van der Waals surface area contributed by atoms with Crippen LogP contribution >= 0.6 is 0 Å². The number of pyridine rings is 1. The van der Waals surface area contributed by atoms with Crippen LogP contribution in [0, 0.1) is 5.92 Å². The van der Waals surface area contributed by atoms with Crippen LogP contribution in [0.4, 0.5) is 0 Å². The van der Waals surface area contributed by atoms with Crippen molar-refractivity contribution < 1.29 is 4.74 Å². The van der Waals surface area contributed by atoms with E-state index in [1.165, 1.54) is 23.6 Å². The lowest BCUT2D eigenvalue weighted by Crippen LogP contribution is -2.32. The topological polar surface area (TPSA) is 60.2 Å². The molecule has 1 saturated heterocycles. The Morgan fingerprint density at radius 3 is 2.72 bits per heavy atom. The number of hydrogen-bond acceptors (Lipinski definition) is 5. The monoisotopic (exact) mass is 390 g/mol. The van der Waals surface area contributed by atoms with Gasteiger partial charge in [-0.05, 0) is 68.7 Å². The second-order valence-electron chi connectivity index (χ2n) is 7.66. The molecular formula is C23H26N4O2. The van der Waals surface area contributed by atoms with Crippen molar-refractivity contribution in [3.8, 4) is 17.0 Å². The molecule has 0 unspecified atom stereocenters. The van der Waals surface area contributed by atoms with Gasteiger partial charge in [0.05, 0.1) is 25.0 Å². The van der Waals surface area contributed by atoms with Gasteiger partial charge in [-0.1, -0.05) is 18.2 Å². The molecule has 0 atom stereocenters. The Kier molecular flexibility index (Phi) is 6.00. The van der Waals surface area contributed by atoms with Gasteiger partial charge in [0, 0.05) is 17.8 Å². The summed E-state index contributed by atoms with van der Waals surface area (Å²) in [5.41, 5.74) is 2.79. The first kappa shape index (κ1) is 19.3. The Balaban J connectivity index is 1.40. The SMILES string of the molecule is CN1CCC(COc2ccc(-c3cccc(Cn4ncccc4=O)c3)nc2)CC1. The lowest BCUT2D eigenvalue weighted by atomic mass is 9.98. The fraction of sp³-hybridized carbons (Fsp3) is 0.348. The molecule has 4 rings (SSSR count). The molecule has 1 aliphatic heterocycles. The maximum Gasteiger partial charge on any atom is 0.267 e. The lowest BCUT2D eigenvalue weighted by Gasteiger charge is -2.28. The van der Waals surface area contributed by atoms with Crippen molar-refractivity contribution in [3.63, 3.8) is 0 Å². The lowest BCUT2D eigenvalue weighted by molar-refractivity contribution is 0.160. The van der Waals surface area contributed by atoms with Crippen molar-refractivity contribution >= 4 is 0 Å². The van der Waals surface area contributed by atoms with E-state index < -0.39 is 0 Å². The average Bonchev–Trinajstić information content (AvgIpc) is 2.76. The number of rotatable bonds is 6. The predicted molar refractivity (Wildman–Crippen MR) is 113 cm³/mol. The number of aromatic nitrogens is 3. The first-order valence-corrected chi connectivity index (χ1v) is 10.1. The van der Waals surface area contributed by atoms with Gasteiger partial charge in [-0.3, -0.25) is 9.78 Å². The molecule has 0 spiro atoms. The summed E-state index contributed by atoms with van der Waals surface area (Å²) < 4.78 is 7.41. The fourth-order valence-electron chi connectivity index (χ4n) is 3.59. The molecule has 3 aromatic rings. The van der Waals surface area contributed by atoms with Crippen LogP contribution in [0.15, 0.2) is 65.7 Å². The molecule has 2 aromatic heterocycles. The van der Waals surface area contributed by atoms with E-state index in [1.807, 2.05) is 36.4 Å². The zero-order valence-electron chi connectivity index (χ0n) is 16.7. The minimum atomic E-state index is -0.109. The quantitative estimate of drug-likeness (QED) is 0.647. The number of likely N-dealkylation sites (tertiary alicyclic amines) is 1. The van der Waals surface area contributed by atoms with E-state index in [9.17, 15) is 4.79 Å². The highest BCUT2D eigenvalue weighted by molar-refractivity contribution is 5.60. The molecular weight excluding hydrogens is 364 g/mol. The molecule has 6 heteroatoms. The molecule has 0 bridgehead atoms. The molecule has 0 amide bonds. The average molecular weight is 390 g/mol. The number of nitrogens with zero attached hydrogens (tertiary/aromatic N) is 4. The molecule has 3 heterocycles. The van der Waals surface area contributed by atoms with Crippen LogP contribution in [0.5, 0.6) is 5.75 Å². The first-order chi connectivity index (χ1) is 14.2. The van der Waals surface area contributed by atoms with Crippen LogP contribution in [-0.4, -0.2) is 46.4 Å². The van der Waals surface area contributed by atoms with Gasteiger partial charge in [-0.25, -0.2) is 4.68 Å². The molecule has 0 radical (unpaired) electrons. The van der Waals surface area contributed by atoms with Gasteiger partial charge in [0.2, 0.25) is 0 Å². The molecule has 6 nitrogen and oxygen atoms in total. The van der Waals surface area contributed by atoms with Gasteiger partial charge in [-0.2, -0.15) is 5.10 Å². The number of ether oxygens (including phenoxy) is 1. The second-order valence-corrected chi connectivity index (χ2v) is 7.66. The molecule has 0 aliphatic carbocycles. The molecule has 1 fully saturated rings. The van der Waals surface area contributed by atoms with E-state index in [0.29, 0.717) is 12.5 Å². The highest BCUT2D eigenvalue weighted by Gasteiger charge is 2.17. The van der Waals surface area contributed by atoms with E-state index in [4.69, 9.17) is 4.74 Å². The molecule has 0 saturated carbocycles. The Hall–Kier alpha value is -2.99. The Morgan fingerprint density at radius 2 is 1.97 bits per heavy atom. The maximum absolute atomic E-state index is 11.9. The van der Waals surface area contributed by atoms with E-state index in [0.717, 1.165) is 42.3 Å². The van der Waals surface area contributed by atoms with Crippen LogP contribution in [-0.2, 0) is 6.54 Å². The van der Waals surface area contributed by atoms with Crippen molar-refractivity contribution in [2.45, 2.75) is 19.4 Å². The Morgan fingerprint density at radius 1 is 1.10 bits per heavy atom. The van der Waals surface area contributed by atoms with Gasteiger partial charge in [0.15, 0.2) is 0 Å². The summed E-state index contributed by atoms with van der Waals surface area (Å²) in [6, 6.07) is 15.2. The molecule has 1 aliphatic rings. The predicted octanol–water partition coefficient (Wildman–Crippen LogP) is 3.07. The zero-order valence-corrected chi connectivity index (χ0v) is 16.7. The van der Waals surface area contributed by atoms with Crippen molar-refractivity contribution in [2.24, 2.45) is 5.92 Å². The van der Waals surface area contributed by atoms with E-state index in [1.54, 1.807) is 18.5 Å². The third kappa shape index (κ3) is 5.09. The highest BCUT2D eigenvalue weighted by Crippen LogP contribution is 2.22. The molecule has 1 aromatic carbocycles. The number of piperidine rings is 1. The smallest absolute Gasteiger partial charge is 0.267 e. The minimum Gasteiger partial charge on any atom is -0.492 e. The number of hydrogen-bond donors (Lipinski definition) is 0. The Labute approximate surface area is 170 Å². The summed E-state index contributed by atoms with van der Waals surface area (Å²) in [6.07, 6.45) is 5.79. The maximum atomic E-state index is 11.9. The largest absolute Gasteiger partial charge is 0.492 e. The van der Waals surface area contributed by atoms with Crippen molar-refractivity contribution in [1.82, 2.24) is 19.7 Å². The van der Waals surface area contributed by atoms with Crippen LogP contribution in [0.3, 0.4) is 0 Å². The highest BCUT2D eigenvalue weighted by atomic mass is 16.5. The van der Waals surface area contributed by atoms with E-state index >= 15 is 0 Å². The summed E-state index contributed by atoms with van der Waals surface area (Å²) >= 11 is 0. The third-order valence-electron chi connectivity index (χ3n) is 5.40. The van der Waals surface area contributed by atoms with Crippen molar-refractivity contribution in [2.75, 3.05) is 26.7 Å². The van der Waals surface area contributed by atoms with Gasteiger partial charge >= 0.3 is 0 Å². The molecule has 150 valence electrons. The van der Waals surface area contributed by atoms with Crippen molar-refractivity contribution in [3.05, 3.63) is 76.8 Å². The Bertz CT molecular complexity index is 992. The van der Waals surface area contributed by atoms with E-state index in [-0.39, 0.29) is 5.56 Å². The van der Waals surface area contributed by atoms with E-state index in [2.05, 4.69) is 22.0 Å². The third-order valence-corrected chi connectivity index (χ3v) is 5.40. The molecule has 29 heavy (non-hydrogen) atoms. The van der Waals surface area contributed by atoms with Crippen LogP contribution in [0.1, 0.15) is 18.4 Å². The second kappa shape index (κ2) is 9.01. The zero-order chi connectivity index (χ0) is 20.1. The van der Waals surface area contributed by atoms with Crippen LogP contribution in [0.25, 0.3) is 11.3 Å². The minimum absolute atomic E-state index is 0.109. The summed E-state index contributed by atoms with van der Waals surface area (Å²) in [7, 11) is 2.17. The number of benzene rings is 1. The summed E-state index contributed by atoms with van der Waals surface area (Å²) in [6.45, 7) is 3.48.